The second kappa shape index (κ2) is 12.4. The number of alkyl halides is 1. The molecule has 0 bridgehead atoms. The minimum absolute atomic E-state index is 0.136. The number of nitrogens with one attached hydrogen (secondary N) is 1. The fraction of sp³-hybridized carbons (Fsp3) is 0.889. The maximum atomic E-state index is 12.4. The van der Waals surface area contributed by atoms with Gasteiger partial charge in [0.1, 0.15) is 6.04 Å². The first-order valence-electron chi connectivity index (χ1n) is 9.20. The molecule has 0 aliphatic heterocycles. The molecule has 0 aromatic carbocycles. The second-order valence-corrected chi connectivity index (χ2v) is 7.28. The zero-order chi connectivity index (χ0) is 17.8. The SMILES string of the molecule is CC(C)CCCOC(=O)C(NC(=O)OCCCCl)C1CCCCC1. The predicted molar refractivity (Wildman–Crippen MR) is 95.2 cm³/mol. The molecule has 1 unspecified atom stereocenters. The number of halogens is 1. The number of hydrogen-bond acceptors (Lipinski definition) is 4. The second-order valence-electron chi connectivity index (χ2n) is 6.90. The van der Waals surface area contributed by atoms with E-state index in [-0.39, 0.29) is 18.5 Å². The van der Waals surface area contributed by atoms with Gasteiger partial charge in [-0.05, 0) is 43.9 Å². The lowest BCUT2D eigenvalue weighted by atomic mass is 9.84. The number of hydrogen-bond donors (Lipinski definition) is 1. The fourth-order valence-corrected chi connectivity index (χ4v) is 3.09. The highest BCUT2D eigenvalue weighted by molar-refractivity contribution is 6.17. The molecule has 0 aromatic heterocycles. The normalized spacial score (nSPS) is 16.7. The van der Waals surface area contributed by atoms with Crippen molar-refractivity contribution in [1.82, 2.24) is 5.32 Å². The van der Waals surface area contributed by atoms with E-state index in [4.69, 9.17) is 21.1 Å². The van der Waals surface area contributed by atoms with Crippen molar-refractivity contribution in [2.45, 2.75) is 71.3 Å². The Kier molecular flexibility index (Phi) is 10.9. The predicted octanol–water partition coefficient (Wildman–Crippen LogP) is 4.27. The zero-order valence-corrected chi connectivity index (χ0v) is 15.8. The molecule has 1 saturated carbocycles. The van der Waals surface area contributed by atoms with Crippen molar-refractivity contribution in [2.75, 3.05) is 19.1 Å². The molecule has 0 aromatic rings. The number of rotatable bonds is 10. The summed E-state index contributed by atoms with van der Waals surface area (Å²) in [5.41, 5.74) is 0. The van der Waals surface area contributed by atoms with Crippen LogP contribution in [0.3, 0.4) is 0 Å². The van der Waals surface area contributed by atoms with E-state index in [9.17, 15) is 9.59 Å². The van der Waals surface area contributed by atoms with E-state index in [1.807, 2.05) is 0 Å². The molecule has 0 saturated heterocycles. The molecular weight excluding hydrogens is 330 g/mol. The van der Waals surface area contributed by atoms with Gasteiger partial charge >= 0.3 is 12.1 Å². The van der Waals surface area contributed by atoms with Gasteiger partial charge in [0.25, 0.3) is 0 Å². The zero-order valence-electron chi connectivity index (χ0n) is 15.0. The van der Waals surface area contributed by atoms with Crippen LogP contribution in [-0.2, 0) is 14.3 Å². The Balaban J connectivity index is 2.49. The van der Waals surface area contributed by atoms with Crippen molar-refractivity contribution >= 4 is 23.7 Å². The van der Waals surface area contributed by atoms with Crippen LogP contribution in [0.15, 0.2) is 0 Å². The van der Waals surface area contributed by atoms with Crippen molar-refractivity contribution in [3.8, 4) is 0 Å². The summed E-state index contributed by atoms with van der Waals surface area (Å²) in [7, 11) is 0. The fourth-order valence-electron chi connectivity index (χ4n) is 2.98. The summed E-state index contributed by atoms with van der Waals surface area (Å²) >= 11 is 5.57. The van der Waals surface area contributed by atoms with Gasteiger partial charge in [-0.25, -0.2) is 9.59 Å². The number of alkyl carbamates (subject to hydrolysis) is 1. The van der Waals surface area contributed by atoms with Crippen LogP contribution in [0.2, 0.25) is 0 Å². The van der Waals surface area contributed by atoms with Gasteiger partial charge in [-0.15, -0.1) is 11.6 Å². The van der Waals surface area contributed by atoms with Gasteiger partial charge in [0.2, 0.25) is 0 Å². The molecule has 1 aliphatic carbocycles. The van der Waals surface area contributed by atoms with E-state index in [1.54, 1.807) is 0 Å². The van der Waals surface area contributed by atoms with Crippen molar-refractivity contribution in [2.24, 2.45) is 11.8 Å². The van der Waals surface area contributed by atoms with Crippen molar-refractivity contribution in [3.05, 3.63) is 0 Å². The number of esters is 1. The molecule has 140 valence electrons. The van der Waals surface area contributed by atoms with E-state index in [0.717, 1.165) is 38.5 Å². The number of carbonyl (C=O) groups is 2. The van der Waals surface area contributed by atoms with Gasteiger partial charge in [0.05, 0.1) is 13.2 Å². The molecule has 24 heavy (non-hydrogen) atoms. The Morgan fingerprint density at radius 2 is 1.75 bits per heavy atom. The topological polar surface area (TPSA) is 64.6 Å². The average molecular weight is 362 g/mol. The summed E-state index contributed by atoms with van der Waals surface area (Å²) in [4.78, 5) is 24.3. The van der Waals surface area contributed by atoms with E-state index < -0.39 is 12.1 Å². The molecule has 0 spiro atoms. The first-order chi connectivity index (χ1) is 11.5. The Labute approximate surface area is 150 Å². The highest BCUT2D eigenvalue weighted by atomic mass is 35.5. The maximum absolute atomic E-state index is 12.4. The highest BCUT2D eigenvalue weighted by Gasteiger charge is 2.32. The smallest absolute Gasteiger partial charge is 0.407 e. The number of amides is 1. The van der Waals surface area contributed by atoms with Crippen LogP contribution in [0.5, 0.6) is 0 Å². The monoisotopic (exact) mass is 361 g/mol. The Hall–Kier alpha value is -0.970. The lowest BCUT2D eigenvalue weighted by Crippen LogP contribution is -2.47. The van der Waals surface area contributed by atoms with Gasteiger partial charge in [-0.3, -0.25) is 0 Å². The van der Waals surface area contributed by atoms with Crippen LogP contribution in [0.1, 0.15) is 65.2 Å². The van der Waals surface area contributed by atoms with Crippen molar-refractivity contribution < 1.29 is 19.1 Å². The van der Waals surface area contributed by atoms with Gasteiger partial charge < -0.3 is 14.8 Å². The third-order valence-electron chi connectivity index (χ3n) is 4.33. The summed E-state index contributed by atoms with van der Waals surface area (Å²) in [6.07, 6.45) is 7.15. The van der Waals surface area contributed by atoms with Crippen LogP contribution >= 0.6 is 11.6 Å². The van der Waals surface area contributed by atoms with Gasteiger partial charge in [-0.1, -0.05) is 33.1 Å². The summed E-state index contributed by atoms with van der Waals surface area (Å²) in [5.74, 6) is 0.835. The molecule has 6 heteroatoms. The molecule has 5 nitrogen and oxygen atoms in total. The first-order valence-corrected chi connectivity index (χ1v) is 9.74. The quantitative estimate of drug-likeness (QED) is 0.358. The Morgan fingerprint density at radius 3 is 2.38 bits per heavy atom. The van der Waals surface area contributed by atoms with Crippen LogP contribution in [-0.4, -0.2) is 37.2 Å². The first kappa shape index (κ1) is 21.1. The van der Waals surface area contributed by atoms with Crippen LogP contribution in [0, 0.1) is 11.8 Å². The van der Waals surface area contributed by atoms with E-state index in [1.165, 1.54) is 6.42 Å². The third kappa shape index (κ3) is 8.76. The molecule has 0 heterocycles. The van der Waals surface area contributed by atoms with E-state index in [2.05, 4.69) is 19.2 Å². The van der Waals surface area contributed by atoms with Gasteiger partial charge in [0.15, 0.2) is 0 Å². The van der Waals surface area contributed by atoms with E-state index >= 15 is 0 Å². The number of ether oxygens (including phenoxy) is 2. The summed E-state index contributed by atoms with van der Waals surface area (Å²) < 4.78 is 10.5. The van der Waals surface area contributed by atoms with Crippen LogP contribution in [0.4, 0.5) is 4.79 Å². The van der Waals surface area contributed by atoms with Crippen LogP contribution < -0.4 is 5.32 Å². The summed E-state index contributed by atoms with van der Waals surface area (Å²) in [5, 5.41) is 2.72. The van der Waals surface area contributed by atoms with Gasteiger partial charge in [-0.2, -0.15) is 0 Å². The molecule has 1 amide bonds. The highest BCUT2D eigenvalue weighted by Crippen LogP contribution is 2.27. The largest absolute Gasteiger partial charge is 0.464 e. The van der Waals surface area contributed by atoms with Crippen molar-refractivity contribution in [3.63, 3.8) is 0 Å². The molecular formula is C18H32ClNO4. The molecule has 1 aliphatic rings. The lowest BCUT2D eigenvalue weighted by Gasteiger charge is -2.29. The average Bonchev–Trinajstić information content (AvgIpc) is 2.57. The molecule has 1 atom stereocenters. The molecule has 1 rings (SSSR count). The summed E-state index contributed by atoms with van der Waals surface area (Å²) in [6, 6.07) is -0.604. The minimum Gasteiger partial charge on any atom is -0.464 e. The summed E-state index contributed by atoms with van der Waals surface area (Å²) in [6.45, 7) is 4.95. The molecule has 1 fully saturated rings. The van der Waals surface area contributed by atoms with E-state index in [0.29, 0.717) is 24.8 Å². The Bertz CT molecular complexity index is 370. The Morgan fingerprint density at radius 1 is 1.08 bits per heavy atom. The lowest BCUT2D eigenvalue weighted by molar-refractivity contribution is -0.148. The minimum atomic E-state index is -0.604. The standard InChI is InChI=1S/C18H32ClNO4/c1-14(2)8-6-12-23-17(21)16(15-9-4-3-5-10-15)20-18(22)24-13-7-11-19/h14-16H,3-13H2,1-2H3,(H,20,22). The molecule has 0 radical (unpaired) electrons. The maximum Gasteiger partial charge on any atom is 0.407 e. The third-order valence-corrected chi connectivity index (χ3v) is 4.60. The van der Waals surface area contributed by atoms with Crippen molar-refractivity contribution in [1.29, 1.82) is 0 Å². The number of carbonyl (C=O) groups excluding carboxylic acids is 2. The molecule has 1 N–H and O–H groups in total. The van der Waals surface area contributed by atoms with Crippen LogP contribution in [0.25, 0.3) is 0 Å². The van der Waals surface area contributed by atoms with Gasteiger partial charge in [0, 0.05) is 5.88 Å².